The highest BCUT2D eigenvalue weighted by molar-refractivity contribution is 6.32. The first kappa shape index (κ1) is 15.6. The van der Waals surface area contributed by atoms with E-state index in [0.717, 1.165) is 22.4 Å². The lowest BCUT2D eigenvalue weighted by Gasteiger charge is -2.31. The fraction of sp³-hybridized carbons (Fsp3) is 0.444. The average Bonchev–Trinajstić information content (AvgIpc) is 2.81. The van der Waals surface area contributed by atoms with Crippen molar-refractivity contribution in [2.75, 3.05) is 18.4 Å². The Labute approximate surface area is 136 Å². The molecule has 5 heteroatoms. The van der Waals surface area contributed by atoms with Crippen LogP contribution >= 0.6 is 0 Å². The lowest BCUT2D eigenvalue weighted by molar-refractivity contribution is -0.110. The molecule has 0 spiro atoms. The molecule has 0 radical (unpaired) electrons. The number of piperidine rings is 1. The fourth-order valence-corrected chi connectivity index (χ4v) is 3.00. The zero-order chi connectivity index (χ0) is 16.6. The second kappa shape index (κ2) is 5.72. The van der Waals surface area contributed by atoms with Crippen molar-refractivity contribution >= 4 is 23.3 Å². The van der Waals surface area contributed by atoms with Crippen LogP contribution in [0, 0.1) is 0 Å². The molecule has 1 saturated heterocycles. The van der Waals surface area contributed by atoms with Crippen LogP contribution in [0.25, 0.3) is 5.57 Å². The van der Waals surface area contributed by atoms with Crippen LogP contribution in [0.1, 0.15) is 39.2 Å². The highest BCUT2D eigenvalue weighted by atomic mass is 16.6. The molecular weight excluding hydrogens is 292 g/mol. The average molecular weight is 314 g/mol. The van der Waals surface area contributed by atoms with Crippen LogP contribution in [0.3, 0.4) is 0 Å². The number of fused-ring (bicyclic) bond motifs is 1. The zero-order valence-electron chi connectivity index (χ0n) is 13.8. The minimum absolute atomic E-state index is 0.0353. The summed E-state index contributed by atoms with van der Waals surface area (Å²) in [7, 11) is 0. The van der Waals surface area contributed by atoms with Crippen molar-refractivity contribution in [2.45, 2.75) is 39.2 Å². The van der Waals surface area contributed by atoms with E-state index >= 15 is 0 Å². The number of amides is 2. The number of nitrogens with one attached hydrogen (secondary N) is 1. The van der Waals surface area contributed by atoms with E-state index < -0.39 is 5.60 Å². The Morgan fingerprint density at radius 3 is 2.48 bits per heavy atom. The van der Waals surface area contributed by atoms with E-state index in [1.54, 1.807) is 4.90 Å². The number of nitrogens with zero attached hydrogens (tertiary/aromatic N) is 1. The molecular formula is C18H22N2O3. The van der Waals surface area contributed by atoms with Crippen LogP contribution in [-0.4, -0.2) is 35.6 Å². The Bertz CT molecular complexity index is 676. The highest BCUT2D eigenvalue weighted by Gasteiger charge is 2.30. The highest BCUT2D eigenvalue weighted by Crippen LogP contribution is 2.36. The van der Waals surface area contributed by atoms with E-state index in [9.17, 15) is 9.59 Å². The summed E-state index contributed by atoms with van der Waals surface area (Å²) in [6.07, 6.45) is 1.13. The standard InChI is InChI=1S/C18H22N2O3/c1-18(2,3)23-17(22)20-10-8-12(9-11-20)15-13-6-4-5-7-14(13)19-16(15)21/h4-7H,8-11H2,1-3H3,(H,19,21). The number of carbonyl (C=O) groups is 2. The lowest BCUT2D eigenvalue weighted by Crippen LogP contribution is -2.40. The van der Waals surface area contributed by atoms with Gasteiger partial charge in [-0.1, -0.05) is 23.8 Å². The van der Waals surface area contributed by atoms with Crippen LogP contribution in [0.4, 0.5) is 10.5 Å². The Morgan fingerprint density at radius 1 is 1.17 bits per heavy atom. The molecule has 2 aliphatic rings. The van der Waals surface area contributed by atoms with Crippen molar-refractivity contribution in [1.29, 1.82) is 0 Å². The zero-order valence-corrected chi connectivity index (χ0v) is 13.8. The molecule has 1 N–H and O–H groups in total. The number of rotatable bonds is 0. The maximum atomic E-state index is 12.3. The summed E-state index contributed by atoms with van der Waals surface area (Å²) in [5.41, 5.74) is 3.25. The molecule has 0 bridgehead atoms. The van der Waals surface area contributed by atoms with Crippen molar-refractivity contribution in [2.24, 2.45) is 0 Å². The van der Waals surface area contributed by atoms with E-state index in [-0.39, 0.29) is 12.0 Å². The third-order valence-electron chi connectivity index (χ3n) is 4.04. The van der Waals surface area contributed by atoms with Crippen LogP contribution in [0.5, 0.6) is 0 Å². The Hall–Kier alpha value is -2.30. The molecule has 1 fully saturated rings. The first-order valence-corrected chi connectivity index (χ1v) is 7.96. The van der Waals surface area contributed by atoms with E-state index in [0.29, 0.717) is 25.9 Å². The molecule has 5 nitrogen and oxygen atoms in total. The molecule has 0 aromatic heterocycles. The van der Waals surface area contributed by atoms with Gasteiger partial charge < -0.3 is 15.0 Å². The molecule has 0 atom stereocenters. The number of carbonyl (C=O) groups excluding carboxylic acids is 2. The Balaban J connectivity index is 1.74. The van der Waals surface area contributed by atoms with Gasteiger partial charge in [0.2, 0.25) is 0 Å². The second-order valence-electron chi connectivity index (χ2n) is 6.95. The van der Waals surface area contributed by atoms with Gasteiger partial charge in [0.25, 0.3) is 5.91 Å². The van der Waals surface area contributed by atoms with Gasteiger partial charge in [-0.05, 0) is 39.7 Å². The smallest absolute Gasteiger partial charge is 0.410 e. The summed E-state index contributed by atoms with van der Waals surface area (Å²) in [6, 6.07) is 7.74. The SMILES string of the molecule is CC(C)(C)OC(=O)N1CCC(=C2C(=O)Nc3ccccc32)CC1. The van der Waals surface area contributed by atoms with Gasteiger partial charge in [0, 0.05) is 29.9 Å². The maximum Gasteiger partial charge on any atom is 0.410 e. The van der Waals surface area contributed by atoms with Gasteiger partial charge in [-0.2, -0.15) is 0 Å². The Kier molecular flexibility index (Phi) is 3.88. The number of hydrogen-bond donors (Lipinski definition) is 1. The van der Waals surface area contributed by atoms with Crippen molar-refractivity contribution in [3.05, 3.63) is 35.4 Å². The third kappa shape index (κ3) is 3.23. The van der Waals surface area contributed by atoms with Gasteiger partial charge >= 0.3 is 6.09 Å². The molecule has 2 heterocycles. The Morgan fingerprint density at radius 2 is 1.83 bits per heavy atom. The van der Waals surface area contributed by atoms with E-state index in [4.69, 9.17) is 4.74 Å². The molecule has 2 amide bonds. The van der Waals surface area contributed by atoms with E-state index in [2.05, 4.69) is 5.32 Å². The topological polar surface area (TPSA) is 58.6 Å². The molecule has 3 rings (SSSR count). The summed E-state index contributed by atoms with van der Waals surface area (Å²) in [5, 5.41) is 2.91. The van der Waals surface area contributed by atoms with Gasteiger partial charge in [0.1, 0.15) is 5.60 Å². The second-order valence-corrected chi connectivity index (χ2v) is 6.95. The summed E-state index contributed by atoms with van der Waals surface area (Å²) in [6.45, 7) is 6.76. The monoisotopic (exact) mass is 314 g/mol. The first-order valence-electron chi connectivity index (χ1n) is 7.96. The van der Waals surface area contributed by atoms with Gasteiger partial charge in [0.15, 0.2) is 0 Å². The van der Waals surface area contributed by atoms with E-state index in [1.165, 1.54) is 0 Å². The minimum Gasteiger partial charge on any atom is -0.444 e. The molecule has 0 unspecified atom stereocenters. The predicted molar refractivity (Wildman–Crippen MR) is 89.0 cm³/mol. The molecule has 23 heavy (non-hydrogen) atoms. The largest absolute Gasteiger partial charge is 0.444 e. The summed E-state index contributed by atoms with van der Waals surface area (Å²) in [4.78, 5) is 26.1. The van der Waals surface area contributed by atoms with Crippen molar-refractivity contribution in [1.82, 2.24) is 4.90 Å². The summed E-state index contributed by atoms with van der Waals surface area (Å²) < 4.78 is 5.41. The molecule has 0 saturated carbocycles. The summed E-state index contributed by atoms with van der Waals surface area (Å²) in [5.74, 6) is -0.0353. The number of hydrogen-bond acceptors (Lipinski definition) is 3. The third-order valence-corrected chi connectivity index (χ3v) is 4.04. The maximum absolute atomic E-state index is 12.3. The van der Waals surface area contributed by atoms with Gasteiger partial charge in [-0.15, -0.1) is 0 Å². The molecule has 1 aromatic rings. The molecule has 1 aromatic carbocycles. The number of para-hydroxylation sites is 1. The number of benzene rings is 1. The lowest BCUT2D eigenvalue weighted by atomic mass is 9.94. The van der Waals surface area contributed by atoms with Gasteiger partial charge in [0.05, 0.1) is 0 Å². The number of ether oxygens (including phenoxy) is 1. The molecule has 0 aliphatic carbocycles. The van der Waals surface area contributed by atoms with Crippen LogP contribution < -0.4 is 5.32 Å². The molecule has 2 aliphatic heterocycles. The minimum atomic E-state index is -0.486. The summed E-state index contributed by atoms with van der Waals surface area (Å²) >= 11 is 0. The number of likely N-dealkylation sites (tertiary alicyclic amines) is 1. The van der Waals surface area contributed by atoms with E-state index in [1.807, 2.05) is 45.0 Å². The molecule has 122 valence electrons. The number of anilines is 1. The normalized spacial score (nSPS) is 17.9. The first-order chi connectivity index (χ1) is 10.8. The van der Waals surface area contributed by atoms with Crippen molar-refractivity contribution in [3.63, 3.8) is 0 Å². The van der Waals surface area contributed by atoms with Crippen molar-refractivity contribution < 1.29 is 14.3 Å². The van der Waals surface area contributed by atoms with Crippen molar-refractivity contribution in [3.8, 4) is 0 Å². The quantitative estimate of drug-likeness (QED) is 0.746. The van der Waals surface area contributed by atoms with Crippen LogP contribution in [-0.2, 0) is 9.53 Å². The van der Waals surface area contributed by atoms with Crippen LogP contribution in [0.15, 0.2) is 29.8 Å². The fourth-order valence-electron chi connectivity index (χ4n) is 3.00. The van der Waals surface area contributed by atoms with Gasteiger partial charge in [-0.3, -0.25) is 4.79 Å². The van der Waals surface area contributed by atoms with Gasteiger partial charge in [-0.25, -0.2) is 4.79 Å². The predicted octanol–water partition coefficient (Wildman–Crippen LogP) is 3.42. The van der Waals surface area contributed by atoms with Crippen LogP contribution in [0.2, 0.25) is 0 Å².